The molecule has 8 nitrogen and oxygen atoms in total. The van der Waals surface area contributed by atoms with E-state index in [1.54, 1.807) is 9.42 Å². The zero-order valence-electron chi connectivity index (χ0n) is 19.5. The molecule has 1 unspecified atom stereocenters. The van der Waals surface area contributed by atoms with Gasteiger partial charge in [-0.2, -0.15) is 9.61 Å². The highest BCUT2D eigenvalue weighted by Crippen LogP contribution is 2.21. The number of amides is 2. The zero-order chi connectivity index (χ0) is 23.5. The van der Waals surface area contributed by atoms with Crippen LogP contribution in [0.15, 0.2) is 42.6 Å². The number of hydrogen-bond acceptors (Lipinski definition) is 6. The highest BCUT2D eigenvalue weighted by atomic mass is 32.1. The molecule has 0 spiro atoms. The number of imidazole rings is 1. The first-order valence-electron chi connectivity index (χ1n) is 11.1. The Bertz CT molecular complexity index is 1170. The molecule has 0 bridgehead atoms. The zero-order valence-corrected chi connectivity index (χ0v) is 20.3. The van der Waals surface area contributed by atoms with Gasteiger partial charge in [-0.05, 0) is 44.9 Å². The normalized spacial score (nSPS) is 16.4. The maximum absolute atomic E-state index is 13.6. The summed E-state index contributed by atoms with van der Waals surface area (Å²) >= 11 is 1.47. The van der Waals surface area contributed by atoms with Crippen LogP contribution in [0.5, 0.6) is 0 Å². The minimum atomic E-state index is -0.160. The van der Waals surface area contributed by atoms with E-state index < -0.39 is 0 Å². The molecule has 1 N–H and O–H groups in total. The number of benzene rings is 1. The smallest absolute Gasteiger partial charge is 0.274 e. The molecule has 0 radical (unpaired) electrons. The fourth-order valence-electron chi connectivity index (χ4n) is 4.24. The van der Waals surface area contributed by atoms with Crippen LogP contribution in [0.1, 0.15) is 39.6 Å². The first-order valence-corrected chi connectivity index (χ1v) is 12.0. The highest BCUT2D eigenvalue weighted by molar-refractivity contribution is 7.16. The quantitative estimate of drug-likeness (QED) is 0.552. The van der Waals surface area contributed by atoms with Gasteiger partial charge in [0.2, 0.25) is 10.9 Å². The molecule has 2 amide bonds. The standard InChI is InChI=1S/C24H30N6O2S/c1-16-21(30-24(26-16)33-17(2)27-30)23(32)29(4)19(15-18-9-6-5-7-10-18)12-13-25-22(31)20-11-8-14-28(20)3/h5-10,14,19-20H,11-13,15H2,1-4H3,(H,25,31)/t19-,20?/m1/s1. The first-order chi connectivity index (χ1) is 15.8. The number of fused-ring (bicyclic) bond motifs is 1. The van der Waals surface area contributed by atoms with Gasteiger partial charge in [-0.3, -0.25) is 9.59 Å². The molecule has 3 heterocycles. The van der Waals surface area contributed by atoms with Gasteiger partial charge < -0.3 is 15.1 Å². The van der Waals surface area contributed by atoms with Gasteiger partial charge in [0.05, 0.1) is 5.69 Å². The van der Waals surface area contributed by atoms with Crippen molar-refractivity contribution in [3.05, 3.63) is 64.6 Å². The molecule has 0 aliphatic carbocycles. The molecule has 1 aliphatic heterocycles. The van der Waals surface area contributed by atoms with Crippen molar-refractivity contribution in [3.8, 4) is 0 Å². The van der Waals surface area contributed by atoms with Crippen molar-refractivity contribution in [3.63, 3.8) is 0 Å². The van der Waals surface area contributed by atoms with Crippen LogP contribution in [-0.2, 0) is 11.2 Å². The van der Waals surface area contributed by atoms with Gasteiger partial charge in [-0.25, -0.2) is 4.98 Å². The molecular weight excluding hydrogens is 436 g/mol. The van der Waals surface area contributed by atoms with Gasteiger partial charge in [0.15, 0.2) is 5.69 Å². The van der Waals surface area contributed by atoms with Gasteiger partial charge in [-0.1, -0.05) is 47.7 Å². The van der Waals surface area contributed by atoms with Crippen molar-refractivity contribution in [1.82, 2.24) is 29.7 Å². The summed E-state index contributed by atoms with van der Waals surface area (Å²) in [4.78, 5) is 35.1. The van der Waals surface area contributed by atoms with Crippen molar-refractivity contribution >= 4 is 28.1 Å². The number of carbonyl (C=O) groups excluding carboxylic acids is 2. The molecule has 33 heavy (non-hydrogen) atoms. The lowest BCUT2D eigenvalue weighted by molar-refractivity contribution is -0.124. The van der Waals surface area contributed by atoms with E-state index in [0.717, 1.165) is 22.0 Å². The Balaban J connectivity index is 1.50. The topological polar surface area (TPSA) is 82.8 Å². The van der Waals surface area contributed by atoms with Crippen LogP contribution in [0.25, 0.3) is 4.96 Å². The summed E-state index contributed by atoms with van der Waals surface area (Å²) in [5.41, 5.74) is 2.32. The van der Waals surface area contributed by atoms with Crippen molar-refractivity contribution in [2.24, 2.45) is 0 Å². The second-order valence-corrected chi connectivity index (χ2v) is 9.66. The Kier molecular flexibility index (Phi) is 6.78. The molecule has 0 fully saturated rings. The number of nitrogens with zero attached hydrogens (tertiary/aromatic N) is 5. The van der Waals surface area contributed by atoms with Crippen molar-refractivity contribution in [2.75, 3.05) is 20.6 Å². The lowest BCUT2D eigenvalue weighted by Gasteiger charge is -2.29. The van der Waals surface area contributed by atoms with E-state index >= 15 is 0 Å². The molecule has 1 aliphatic rings. The number of carbonyl (C=O) groups is 2. The minimum Gasteiger partial charge on any atom is -0.369 e. The Labute approximate surface area is 197 Å². The summed E-state index contributed by atoms with van der Waals surface area (Å²) in [5.74, 6) is -0.0986. The Morgan fingerprint density at radius 3 is 2.73 bits per heavy atom. The fourth-order valence-corrected chi connectivity index (χ4v) is 5.03. The van der Waals surface area contributed by atoms with Crippen molar-refractivity contribution < 1.29 is 9.59 Å². The van der Waals surface area contributed by atoms with Crippen LogP contribution in [0.3, 0.4) is 0 Å². The maximum Gasteiger partial charge on any atom is 0.274 e. The molecule has 2 aromatic heterocycles. The third-order valence-electron chi connectivity index (χ3n) is 6.13. The molecule has 0 saturated heterocycles. The van der Waals surface area contributed by atoms with Crippen LogP contribution < -0.4 is 5.32 Å². The summed E-state index contributed by atoms with van der Waals surface area (Å²) in [6.07, 6.45) is 6.00. The van der Waals surface area contributed by atoms with E-state index in [1.807, 2.05) is 63.3 Å². The monoisotopic (exact) mass is 466 g/mol. The fraction of sp³-hybridized carbons (Fsp3) is 0.417. The average molecular weight is 467 g/mol. The Morgan fingerprint density at radius 1 is 1.27 bits per heavy atom. The van der Waals surface area contributed by atoms with Crippen LogP contribution in [-0.4, -0.2) is 68.9 Å². The first kappa shape index (κ1) is 23.0. The molecule has 2 atom stereocenters. The second kappa shape index (κ2) is 9.74. The minimum absolute atomic E-state index is 0.0150. The van der Waals surface area contributed by atoms with Crippen molar-refractivity contribution in [1.29, 1.82) is 0 Å². The van der Waals surface area contributed by atoms with E-state index in [4.69, 9.17) is 0 Å². The number of aromatic nitrogens is 3. The summed E-state index contributed by atoms with van der Waals surface area (Å²) < 4.78 is 1.65. The lowest BCUT2D eigenvalue weighted by atomic mass is 10.0. The van der Waals surface area contributed by atoms with Gasteiger partial charge in [0.1, 0.15) is 11.0 Å². The summed E-state index contributed by atoms with van der Waals surface area (Å²) in [5, 5.41) is 8.40. The van der Waals surface area contributed by atoms with Gasteiger partial charge in [-0.15, -0.1) is 0 Å². The molecule has 4 rings (SSSR count). The molecule has 174 valence electrons. The van der Waals surface area contributed by atoms with Crippen LogP contribution >= 0.6 is 11.3 Å². The Morgan fingerprint density at radius 2 is 2.03 bits per heavy atom. The molecule has 0 saturated carbocycles. The number of likely N-dealkylation sites (N-methyl/N-ethyl adjacent to an activating group) is 2. The number of aryl methyl sites for hydroxylation is 2. The SMILES string of the molecule is Cc1nn2c(C(=O)N(C)[C@H](CCNC(=O)C3CC=CN3C)Cc3ccccc3)c(C)nc2s1. The number of hydrogen-bond donors (Lipinski definition) is 1. The predicted octanol–water partition coefficient (Wildman–Crippen LogP) is 2.82. The average Bonchev–Trinajstić information content (AvgIpc) is 3.45. The third kappa shape index (κ3) is 4.93. The van der Waals surface area contributed by atoms with E-state index in [2.05, 4.69) is 27.5 Å². The summed E-state index contributed by atoms with van der Waals surface area (Å²) in [6, 6.07) is 9.86. The van der Waals surface area contributed by atoms with E-state index in [9.17, 15) is 9.59 Å². The highest BCUT2D eigenvalue weighted by Gasteiger charge is 2.28. The van der Waals surface area contributed by atoms with Crippen molar-refractivity contribution in [2.45, 2.75) is 45.2 Å². The second-order valence-electron chi connectivity index (χ2n) is 8.50. The Hall–Kier alpha value is -3.20. The largest absolute Gasteiger partial charge is 0.369 e. The van der Waals surface area contributed by atoms with Gasteiger partial charge in [0, 0.05) is 26.7 Å². The van der Waals surface area contributed by atoms with Crippen LogP contribution in [0.4, 0.5) is 0 Å². The van der Waals surface area contributed by atoms with Gasteiger partial charge in [0.25, 0.3) is 5.91 Å². The van der Waals surface area contributed by atoms with E-state index in [0.29, 0.717) is 30.8 Å². The molecular formula is C24H30N6O2S. The predicted molar refractivity (Wildman–Crippen MR) is 129 cm³/mol. The third-order valence-corrected chi connectivity index (χ3v) is 6.96. The maximum atomic E-state index is 13.6. The molecule has 1 aromatic carbocycles. The summed E-state index contributed by atoms with van der Waals surface area (Å²) in [7, 11) is 3.73. The van der Waals surface area contributed by atoms with E-state index in [-0.39, 0.29) is 23.9 Å². The molecule has 9 heteroatoms. The lowest BCUT2D eigenvalue weighted by Crippen LogP contribution is -2.44. The van der Waals surface area contributed by atoms with Crippen LogP contribution in [0.2, 0.25) is 0 Å². The van der Waals surface area contributed by atoms with Gasteiger partial charge >= 0.3 is 0 Å². The number of nitrogens with one attached hydrogen (secondary N) is 1. The molecule has 3 aromatic rings. The summed E-state index contributed by atoms with van der Waals surface area (Å²) in [6.45, 7) is 4.25. The van der Waals surface area contributed by atoms with Crippen LogP contribution in [0, 0.1) is 13.8 Å². The van der Waals surface area contributed by atoms with E-state index in [1.165, 1.54) is 11.3 Å². The number of rotatable bonds is 8.